The molecule has 1 atom stereocenters. The van der Waals surface area contributed by atoms with E-state index in [1.165, 1.54) is 12.3 Å². The van der Waals surface area contributed by atoms with E-state index in [0.29, 0.717) is 12.0 Å². The van der Waals surface area contributed by atoms with E-state index < -0.39 is 12.0 Å². The van der Waals surface area contributed by atoms with Gasteiger partial charge in [-0.3, -0.25) is 4.79 Å². The van der Waals surface area contributed by atoms with E-state index in [2.05, 4.69) is 5.32 Å². The molecule has 0 saturated heterocycles. The predicted molar refractivity (Wildman–Crippen MR) is 89.4 cm³/mol. The molecule has 4 heteroatoms. The minimum atomic E-state index is -0.957. The number of ketones is 1. The van der Waals surface area contributed by atoms with Gasteiger partial charge in [-0.1, -0.05) is 60.2 Å². The number of carbonyl (C=O) groups is 2. The quantitative estimate of drug-likeness (QED) is 0.609. The molecular weight excluding hydrogens is 290 g/mol. The molecule has 0 radical (unpaired) electrons. The van der Waals surface area contributed by atoms with Crippen LogP contribution in [0.2, 0.25) is 0 Å². The maximum Gasteiger partial charge on any atom is 0.326 e. The SMILES string of the molecule is Cc1ccc(C(=O)/C=C\N[C@H](Cc2ccccc2)C(=O)O)cc1. The zero-order valence-electron chi connectivity index (χ0n) is 12.9. The Morgan fingerprint density at radius 3 is 2.35 bits per heavy atom. The number of aliphatic carboxylic acids is 1. The van der Waals surface area contributed by atoms with Crippen molar-refractivity contribution in [1.29, 1.82) is 0 Å². The topological polar surface area (TPSA) is 66.4 Å². The lowest BCUT2D eigenvalue weighted by Gasteiger charge is -2.12. The molecule has 2 N–H and O–H groups in total. The van der Waals surface area contributed by atoms with Crippen LogP contribution in [0.3, 0.4) is 0 Å². The van der Waals surface area contributed by atoms with E-state index in [9.17, 15) is 14.7 Å². The molecule has 0 aliphatic carbocycles. The highest BCUT2D eigenvalue weighted by Gasteiger charge is 2.15. The first-order chi connectivity index (χ1) is 11.1. The smallest absolute Gasteiger partial charge is 0.326 e. The Balaban J connectivity index is 1.96. The van der Waals surface area contributed by atoms with Crippen molar-refractivity contribution in [2.45, 2.75) is 19.4 Å². The summed E-state index contributed by atoms with van der Waals surface area (Å²) in [5.41, 5.74) is 2.58. The van der Waals surface area contributed by atoms with Crippen LogP contribution in [0, 0.1) is 6.92 Å². The van der Waals surface area contributed by atoms with Crippen LogP contribution < -0.4 is 5.32 Å². The minimum Gasteiger partial charge on any atom is -0.480 e. The molecule has 0 fully saturated rings. The summed E-state index contributed by atoms with van der Waals surface area (Å²) < 4.78 is 0. The first-order valence-electron chi connectivity index (χ1n) is 7.36. The van der Waals surface area contributed by atoms with E-state index in [-0.39, 0.29) is 5.78 Å². The Kier molecular flexibility index (Phi) is 5.69. The van der Waals surface area contributed by atoms with Crippen LogP contribution in [-0.4, -0.2) is 22.9 Å². The number of carboxylic acids is 1. The zero-order chi connectivity index (χ0) is 16.7. The molecule has 23 heavy (non-hydrogen) atoms. The van der Waals surface area contributed by atoms with Crippen molar-refractivity contribution in [3.8, 4) is 0 Å². The summed E-state index contributed by atoms with van der Waals surface area (Å²) in [5.74, 6) is -1.12. The highest BCUT2D eigenvalue weighted by atomic mass is 16.4. The third-order valence-electron chi connectivity index (χ3n) is 3.45. The highest BCUT2D eigenvalue weighted by Crippen LogP contribution is 2.06. The van der Waals surface area contributed by atoms with E-state index in [1.54, 1.807) is 12.1 Å². The molecule has 0 unspecified atom stereocenters. The summed E-state index contributed by atoms with van der Waals surface area (Å²) in [7, 11) is 0. The van der Waals surface area contributed by atoms with Crippen LogP contribution in [0.15, 0.2) is 66.9 Å². The monoisotopic (exact) mass is 309 g/mol. The normalized spacial score (nSPS) is 12.0. The molecule has 118 valence electrons. The average molecular weight is 309 g/mol. The van der Waals surface area contributed by atoms with Crippen LogP contribution >= 0.6 is 0 Å². The van der Waals surface area contributed by atoms with Gasteiger partial charge in [0.2, 0.25) is 0 Å². The third kappa shape index (κ3) is 5.11. The number of hydrogen-bond acceptors (Lipinski definition) is 3. The summed E-state index contributed by atoms with van der Waals surface area (Å²) in [6.07, 6.45) is 3.11. The lowest BCUT2D eigenvalue weighted by Crippen LogP contribution is -2.35. The van der Waals surface area contributed by atoms with Crippen LogP contribution in [-0.2, 0) is 11.2 Å². The number of rotatable bonds is 7. The second-order valence-corrected chi connectivity index (χ2v) is 5.31. The van der Waals surface area contributed by atoms with Gasteiger partial charge < -0.3 is 10.4 Å². The number of benzene rings is 2. The Morgan fingerprint density at radius 2 is 1.74 bits per heavy atom. The number of nitrogens with one attached hydrogen (secondary N) is 1. The van der Waals surface area contributed by atoms with Crippen LogP contribution in [0.5, 0.6) is 0 Å². The number of carboxylic acid groups (broad SMARTS) is 1. The van der Waals surface area contributed by atoms with Gasteiger partial charge in [0, 0.05) is 24.3 Å². The molecule has 2 rings (SSSR count). The number of allylic oxidation sites excluding steroid dienone is 1. The minimum absolute atomic E-state index is 0.165. The molecule has 0 aliphatic heterocycles. The molecule has 0 amide bonds. The second-order valence-electron chi connectivity index (χ2n) is 5.31. The van der Waals surface area contributed by atoms with Crippen molar-refractivity contribution in [3.63, 3.8) is 0 Å². The maximum absolute atomic E-state index is 12.0. The second kappa shape index (κ2) is 7.94. The van der Waals surface area contributed by atoms with Crippen molar-refractivity contribution in [3.05, 3.63) is 83.6 Å². The molecular formula is C19H19NO3. The summed E-state index contributed by atoms with van der Waals surface area (Å²) >= 11 is 0. The molecule has 2 aromatic carbocycles. The Morgan fingerprint density at radius 1 is 1.09 bits per heavy atom. The molecule has 0 heterocycles. The molecule has 4 nitrogen and oxygen atoms in total. The molecule has 0 aromatic heterocycles. The van der Waals surface area contributed by atoms with E-state index in [0.717, 1.165) is 11.1 Å². The first kappa shape index (κ1) is 16.5. The zero-order valence-corrected chi connectivity index (χ0v) is 12.9. The summed E-state index contributed by atoms with van der Waals surface area (Å²) in [4.78, 5) is 23.3. The van der Waals surface area contributed by atoms with Gasteiger partial charge in [0.25, 0.3) is 0 Å². The predicted octanol–water partition coefficient (Wildman–Crippen LogP) is 2.98. The number of hydrogen-bond donors (Lipinski definition) is 2. The van der Waals surface area contributed by atoms with Crippen molar-refractivity contribution in [2.24, 2.45) is 0 Å². The van der Waals surface area contributed by atoms with Gasteiger partial charge in [-0.25, -0.2) is 4.79 Å². The van der Waals surface area contributed by atoms with Gasteiger partial charge >= 0.3 is 5.97 Å². The van der Waals surface area contributed by atoms with Gasteiger partial charge in [-0.05, 0) is 12.5 Å². The van der Waals surface area contributed by atoms with Crippen molar-refractivity contribution < 1.29 is 14.7 Å². The van der Waals surface area contributed by atoms with E-state index >= 15 is 0 Å². The van der Waals surface area contributed by atoms with Gasteiger partial charge in [0.1, 0.15) is 6.04 Å². The van der Waals surface area contributed by atoms with Crippen molar-refractivity contribution in [2.75, 3.05) is 0 Å². The maximum atomic E-state index is 12.0. The summed E-state index contributed by atoms with van der Waals surface area (Å²) in [6, 6.07) is 15.8. The molecule has 2 aromatic rings. The molecule has 0 bridgehead atoms. The lowest BCUT2D eigenvalue weighted by molar-refractivity contribution is -0.139. The van der Waals surface area contributed by atoms with Gasteiger partial charge in [0.15, 0.2) is 5.78 Å². The average Bonchev–Trinajstić information content (AvgIpc) is 2.55. The van der Waals surface area contributed by atoms with Gasteiger partial charge in [-0.2, -0.15) is 0 Å². The Hall–Kier alpha value is -2.88. The van der Waals surface area contributed by atoms with Crippen molar-refractivity contribution in [1.82, 2.24) is 5.32 Å². The molecule has 0 aliphatic rings. The fraction of sp³-hybridized carbons (Fsp3) is 0.158. The lowest BCUT2D eigenvalue weighted by atomic mass is 10.1. The molecule has 0 saturated carbocycles. The highest BCUT2D eigenvalue weighted by molar-refractivity contribution is 6.04. The Bertz CT molecular complexity index is 690. The largest absolute Gasteiger partial charge is 0.480 e. The van der Waals surface area contributed by atoms with E-state index in [1.807, 2.05) is 49.4 Å². The van der Waals surface area contributed by atoms with Crippen LogP contribution in [0.1, 0.15) is 21.5 Å². The van der Waals surface area contributed by atoms with Crippen molar-refractivity contribution >= 4 is 11.8 Å². The summed E-state index contributed by atoms with van der Waals surface area (Å²) in [5, 5.41) is 12.0. The number of aryl methyl sites for hydroxylation is 1. The standard InChI is InChI=1S/C19H19NO3/c1-14-7-9-16(10-8-14)18(21)11-12-20-17(19(22)23)13-15-5-3-2-4-6-15/h2-12,17,20H,13H2,1H3,(H,22,23)/b12-11-/t17-/m1/s1. The Labute approximate surface area is 135 Å². The fourth-order valence-electron chi connectivity index (χ4n) is 2.12. The third-order valence-corrected chi connectivity index (χ3v) is 3.45. The van der Waals surface area contributed by atoms with Crippen LogP contribution in [0.4, 0.5) is 0 Å². The first-order valence-corrected chi connectivity index (χ1v) is 7.36. The summed E-state index contributed by atoms with van der Waals surface area (Å²) in [6.45, 7) is 1.95. The van der Waals surface area contributed by atoms with Gasteiger partial charge in [-0.15, -0.1) is 0 Å². The van der Waals surface area contributed by atoms with Crippen LogP contribution in [0.25, 0.3) is 0 Å². The van der Waals surface area contributed by atoms with E-state index in [4.69, 9.17) is 0 Å². The fourth-order valence-corrected chi connectivity index (χ4v) is 2.12. The van der Waals surface area contributed by atoms with Gasteiger partial charge in [0.05, 0.1) is 0 Å². The molecule has 0 spiro atoms. The number of carbonyl (C=O) groups excluding carboxylic acids is 1.